The monoisotopic (exact) mass is 314 g/mol. The van der Waals surface area contributed by atoms with Gasteiger partial charge in [0.05, 0.1) is 4.92 Å². The number of aliphatic carboxylic acids is 1. The molecule has 0 heterocycles. The number of halogens is 1. The minimum Gasteiger partial charge on any atom is -0.481 e. The summed E-state index contributed by atoms with van der Waals surface area (Å²) in [4.78, 5) is 32.2. The number of aryl methyl sites for hydroxylation is 1. The summed E-state index contributed by atoms with van der Waals surface area (Å²) in [5, 5.41) is 21.8. The van der Waals surface area contributed by atoms with E-state index in [1.807, 2.05) is 0 Å². The fourth-order valence-electron chi connectivity index (χ4n) is 1.72. The Hall–Kier alpha value is -2.15. The molecule has 0 saturated heterocycles. The number of carboxylic acid groups (broad SMARTS) is 1. The second-order valence-corrected chi connectivity index (χ2v) is 4.93. The van der Waals surface area contributed by atoms with Crippen molar-refractivity contribution >= 4 is 34.9 Å². The van der Waals surface area contributed by atoms with E-state index in [0.717, 1.165) is 0 Å². The van der Waals surface area contributed by atoms with Crippen LogP contribution in [-0.2, 0) is 9.59 Å². The van der Waals surface area contributed by atoms with Crippen molar-refractivity contribution in [1.29, 1.82) is 0 Å². The lowest BCUT2D eigenvalue weighted by molar-refractivity contribution is -0.384. The quantitative estimate of drug-likeness (QED) is 0.456. The van der Waals surface area contributed by atoms with Crippen molar-refractivity contribution in [2.45, 2.75) is 32.6 Å². The number of hydrogen-bond acceptors (Lipinski definition) is 4. The molecule has 2 N–H and O–H groups in total. The molecule has 0 unspecified atom stereocenters. The number of nitro benzene ring substituents is 1. The van der Waals surface area contributed by atoms with Crippen LogP contribution in [0.5, 0.6) is 0 Å². The molecule has 0 fully saturated rings. The molecule has 0 bridgehead atoms. The molecular weight excluding hydrogens is 300 g/mol. The van der Waals surface area contributed by atoms with E-state index in [-0.39, 0.29) is 29.5 Å². The first-order valence-corrected chi connectivity index (χ1v) is 6.65. The van der Waals surface area contributed by atoms with E-state index >= 15 is 0 Å². The van der Waals surface area contributed by atoms with Gasteiger partial charge in [0.2, 0.25) is 5.91 Å². The predicted molar refractivity (Wildman–Crippen MR) is 77.6 cm³/mol. The first-order valence-electron chi connectivity index (χ1n) is 6.27. The number of hydrogen-bond donors (Lipinski definition) is 2. The Balaban J connectivity index is 2.62. The highest BCUT2D eigenvalue weighted by atomic mass is 35.5. The molecule has 0 aliphatic rings. The number of amides is 1. The largest absolute Gasteiger partial charge is 0.481 e. The number of rotatable bonds is 7. The highest BCUT2D eigenvalue weighted by Gasteiger charge is 2.16. The Morgan fingerprint density at radius 3 is 2.52 bits per heavy atom. The van der Waals surface area contributed by atoms with Crippen molar-refractivity contribution in [3.05, 3.63) is 32.8 Å². The van der Waals surface area contributed by atoms with Crippen LogP contribution in [0.3, 0.4) is 0 Å². The molecule has 0 saturated carbocycles. The van der Waals surface area contributed by atoms with Crippen molar-refractivity contribution in [2.24, 2.45) is 0 Å². The molecule has 0 radical (unpaired) electrons. The summed E-state index contributed by atoms with van der Waals surface area (Å²) in [6.45, 7) is 1.63. The Labute approximate surface area is 126 Å². The van der Waals surface area contributed by atoms with Gasteiger partial charge in [-0.15, -0.1) is 0 Å². The molecule has 0 aliphatic carbocycles. The average Bonchev–Trinajstić information content (AvgIpc) is 2.38. The zero-order valence-electron chi connectivity index (χ0n) is 11.4. The summed E-state index contributed by atoms with van der Waals surface area (Å²) in [6, 6.07) is 2.63. The van der Waals surface area contributed by atoms with Gasteiger partial charge in [0.25, 0.3) is 5.69 Å². The van der Waals surface area contributed by atoms with E-state index in [4.69, 9.17) is 16.7 Å². The minimum absolute atomic E-state index is 0.0235. The van der Waals surface area contributed by atoms with E-state index in [1.165, 1.54) is 12.1 Å². The maximum absolute atomic E-state index is 11.7. The summed E-state index contributed by atoms with van der Waals surface area (Å²) in [7, 11) is 0. The van der Waals surface area contributed by atoms with Gasteiger partial charge in [0.1, 0.15) is 5.02 Å². The molecule has 1 amide bonds. The van der Waals surface area contributed by atoms with Crippen molar-refractivity contribution in [3.8, 4) is 0 Å². The molecule has 0 atom stereocenters. The number of carboxylic acids is 1. The molecule has 0 aliphatic heterocycles. The number of anilines is 1. The van der Waals surface area contributed by atoms with Crippen LogP contribution in [0.25, 0.3) is 0 Å². The summed E-state index contributed by atoms with van der Waals surface area (Å²) in [5.41, 5.74) is 0.729. The van der Waals surface area contributed by atoms with Crippen LogP contribution < -0.4 is 5.32 Å². The number of nitro groups is 1. The summed E-state index contributed by atoms with van der Waals surface area (Å²) in [6.07, 6.45) is 1.08. The van der Waals surface area contributed by atoms with Gasteiger partial charge in [-0.1, -0.05) is 11.6 Å². The number of carbonyl (C=O) groups excluding carboxylic acids is 1. The van der Waals surface area contributed by atoms with E-state index in [9.17, 15) is 19.7 Å². The molecule has 1 aromatic carbocycles. The van der Waals surface area contributed by atoms with E-state index in [1.54, 1.807) is 6.92 Å². The normalized spacial score (nSPS) is 10.2. The number of unbranched alkanes of at least 4 members (excludes halogenated alkanes) is 1. The molecule has 1 rings (SSSR count). The number of carbonyl (C=O) groups is 2. The van der Waals surface area contributed by atoms with E-state index in [0.29, 0.717) is 24.1 Å². The van der Waals surface area contributed by atoms with Crippen LogP contribution in [0.4, 0.5) is 11.4 Å². The first-order chi connectivity index (χ1) is 9.81. The fraction of sp³-hybridized carbons (Fsp3) is 0.385. The topological polar surface area (TPSA) is 110 Å². The van der Waals surface area contributed by atoms with Crippen LogP contribution in [0.15, 0.2) is 12.1 Å². The van der Waals surface area contributed by atoms with Gasteiger partial charge in [-0.05, 0) is 31.4 Å². The summed E-state index contributed by atoms with van der Waals surface area (Å²) in [5.74, 6) is -1.18. The molecule has 114 valence electrons. The Kier molecular flexibility index (Phi) is 6.10. The Morgan fingerprint density at radius 1 is 1.33 bits per heavy atom. The van der Waals surface area contributed by atoms with Gasteiger partial charge < -0.3 is 10.4 Å². The highest BCUT2D eigenvalue weighted by Crippen LogP contribution is 2.30. The zero-order chi connectivity index (χ0) is 16.0. The molecule has 8 heteroatoms. The molecule has 0 aromatic heterocycles. The average molecular weight is 315 g/mol. The number of benzene rings is 1. The van der Waals surface area contributed by atoms with Crippen LogP contribution in [-0.4, -0.2) is 21.9 Å². The van der Waals surface area contributed by atoms with Crippen molar-refractivity contribution in [3.63, 3.8) is 0 Å². The third kappa shape index (κ3) is 5.39. The lowest BCUT2D eigenvalue weighted by atomic mass is 10.1. The first kappa shape index (κ1) is 16.9. The van der Waals surface area contributed by atoms with E-state index in [2.05, 4.69) is 5.32 Å². The Bertz CT molecular complexity index is 574. The maximum atomic E-state index is 11.7. The van der Waals surface area contributed by atoms with Gasteiger partial charge >= 0.3 is 5.97 Å². The predicted octanol–water partition coefficient (Wildman–Crippen LogP) is 3.14. The number of nitrogens with zero attached hydrogens (tertiary/aromatic N) is 1. The molecule has 1 aromatic rings. The fourth-order valence-corrected chi connectivity index (χ4v) is 1.95. The number of nitrogens with one attached hydrogen (secondary N) is 1. The van der Waals surface area contributed by atoms with Crippen LogP contribution in [0.2, 0.25) is 5.02 Å². The molecule has 0 spiro atoms. The van der Waals surface area contributed by atoms with Crippen LogP contribution in [0, 0.1) is 17.0 Å². The molecular formula is C13H15ClN2O5. The van der Waals surface area contributed by atoms with E-state index < -0.39 is 10.9 Å². The minimum atomic E-state index is -0.895. The van der Waals surface area contributed by atoms with Crippen LogP contribution in [0.1, 0.15) is 31.2 Å². The van der Waals surface area contributed by atoms with Gasteiger partial charge in [-0.25, -0.2) is 0 Å². The lowest BCUT2D eigenvalue weighted by Gasteiger charge is -2.09. The summed E-state index contributed by atoms with van der Waals surface area (Å²) >= 11 is 5.78. The van der Waals surface area contributed by atoms with Gasteiger partial charge in [-0.3, -0.25) is 19.7 Å². The van der Waals surface area contributed by atoms with Crippen molar-refractivity contribution < 1.29 is 19.6 Å². The zero-order valence-corrected chi connectivity index (χ0v) is 12.1. The van der Waals surface area contributed by atoms with Crippen molar-refractivity contribution in [1.82, 2.24) is 0 Å². The highest BCUT2D eigenvalue weighted by molar-refractivity contribution is 6.33. The second kappa shape index (κ2) is 7.58. The van der Waals surface area contributed by atoms with Crippen molar-refractivity contribution in [2.75, 3.05) is 5.32 Å². The lowest BCUT2D eigenvalue weighted by Crippen LogP contribution is -2.12. The third-order valence-electron chi connectivity index (χ3n) is 2.81. The smallest absolute Gasteiger partial charge is 0.303 e. The Morgan fingerprint density at radius 2 is 1.95 bits per heavy atom. The maximum Gasteiger partial charge on any atom is 0.303 e. The summed E-state index contributed by atoms with van der Waals surface area (Å²) < 4.78 is 0. The SMILES string of the molecule is Cc1cc([N+](=O)[O-])c(Cl)cc1NC(=O)CCCCC(=O)O. The molecule has 21 heavy (non-hydrogen) atoms. The second-order valence-electron chi connectivity index (χ2n) is 4.52. The molecule has 7 nitrogen and oxygen atoms in total. The standard InChI is InChI=1S/C13H15ClN2O5/c1-8-6-11(16(20)21)9(14)7-10(8)15-12(17)4-2-3-5-13(18)19/h6-7H,2-5H2,1H3,(H,15,17)(H,18,19). The van der Waals surface area contributed by atoms with Gasteiger partial charge in [-0.2, -0.15) is 0 Å². The van der Waals surface area contributed by atoms with Gasteiger partial charge in [0, 0.05) is 24.6 Å². The third-order valence-corrected chi connectivity index (χ3v) is 3.11. The van der Waals surface area contributed by atoms with Crippen LogP contribution >= 0.6 is 11.6 Å². The van der Waals surface area contributed by atoms with Gasteiger partial charge in [0.15, 0.2) is 0 Å².